The SMILES string of the molecule is Cc1nc(NC(=O)COCCc2ccccc2)sc1SCC#N. The Balaban J connectivity index is 1.71. The molecule has 0 aliphatic carbocycles. The van der Waals surface area contributed by atoms with Crippen molar-refractivity contribution in [3.63, 3.8) is 0 Å². The van der Waals surface area contributed by atoms with Gasteiger partial charge in [-0.3, -0.25) is 10.1 Å². The number of hydrogen-bond donors (Lipinski definition) is 1. The average Bonchev–Trinajstić information content (AvgIpc) is 2.90. The minimum atomic E-state index is -0.219. The van der Waals surface area contributed by atoms with Crippen molar-refractivity contribution in [1.29, 1.82) is 5.26 Å². The smallest absolute Gasteiger partial charge is 0.252 e. The molecule has 23 heavy (non-hydrogen) atoms. The van der Waals surface area contributed by atoms with E-state index in [1.54, 1.807) is 0 Å². The van der Waals surface area contributed by atoms with Gasteiger partial charge in [-0.2, -0.15) is 5.26 Å². The van der Waals surface area contributed by atoms with Crippen LogP contribution >= 0.6 is 23.1 Å². The predicted octanol–water partition coefficient (Wildman–Crippen LogP) is 3.27. The molecule has 1 N–H and O–H groups in total. The number of nitriles is 1. The normalized spacial score (nSPS) is 10.3. The number of thioether (sulfide) groups is 1. The molecule has 0 radical (unpaired) electrons. The van der Waals surface area contributed by atoms with Gasteiger partial charge in [-0.15, -0.1) is 0 Å². The number of carbonyl (C=O) groups excluding carboxylic acids is 1. The topological polar surface area (TPSA) is 75.0 Å². The molecule has 5 nitrogen and oxygen atoms in total. The van der Waals surface area contributed by atoms with E-state index in [1.165, 1.54) is 28.7 Å². The van der Waals surface area contributed by atoms with E-state index in [2.05, 4.69) is 16.4 Å². The van der Waals surface area contributed by atoms with Gasteiger partial charge in [-0.05, 0) is 18.9 Å². The number of aromatic nitrogens is 1. The molecule has 1 heterocycles. The molecule has 0 saturated carbocycles. The first-order chi connectivity index (χ1) is 11.2. The highest BCUT2D eigenvalue weighted by Gasteiger charge is 2.10. The number of benzene rings is 1. The van der Waals surface area contributed by atoms with Crippen LogP contribution in [0.15, 0.2) is 34.5 Å². The second-order valence-corrected chi connectivity index (χ2v) is 6.92. The fraction of sp³-hybridized carbons (Fsp3) is 0.312. The van der Waals surface area contributed by atoms with Gasteiger partial charge in [0, 0.05) is 0 Å². The molecule has 0 aliphatic heterocycles. The molecule has 0 bridgehead atoms. The van der Waals surface area contributed by atoms with E-state index in [4.69, 9.17) is 10.00 Å². The first kappa shape index (κ1) is 17.5. The predicted molar refractivity (Wildman–Crippen MR) is 92.8 cm³/mol. The molecule has 0 atom stereocenters. The number of nitrogens with one attached hydrogen (secondary N) is 1. The lowest BCUT2D eigenvalue weighted by atomic mass is 10.2. The quantitative estimate of drug-likeness (QED) is 0.586. The van der Waals surface area contributed by atoms with E-state index in [1.807, 2.05) is 37.3 Å². The number of anilines is 1. The summed E-state index contributed by atoms with van der Waals surface area (Å²) in [6.07, 6.45) is 0.777. The van der Waals surface area contributed by atoms with E-state index in [-0.39, 0.29) is 12.5 Å². The lowest BCUT2D eigenvalue weighted by molar-refractivity contribution is -0.120. The van der Waals surface area contributed by atoms with Crippen molar-refractivity contribution in [2.75, 3.05) is 24.3 Å². The number of rotatable bonds is 8. The average molecular weight is 347 g/mol. The third-order valence-corrected chi connectivity index (χ3v) is 5.18. The van der Waals surface area contributed by atoms with Crippen molar-refractivity contribution >= 4 is 34.1 Å². The fourth-order valence-electron chi connectivity index (χ4n) is 1.82. The van der Waals surface area contributed by atoms with Crippen molar-refractivity contribution in [3.05, 3.63) is 41.6 Å². The Bertz CT molecular complexity index is 680. The molecule has 0 saturated heterocycles. The molecule has 120 valence electrons. The molecule has 2 aromatic rings. The second kappa shape index (κ2) is 9.30. The highest BCUT2D eigenvalue weighted by molar-refractivity contribution is 8.01. The number of ether oxygens (including phenoxy) is 1. The summed E-state index contributed by atoms with van der Waals surface area (Å²) in [7, 11) is 0. The summed E-state index contributed by atoms with van der Waals surface area (Å²) < 4.78 is 6.34. The van der Waals surface area contributed by atoms with Crippen LogP contribution < -0.4 is 5.32 Å². The summed E-state index contributed by atoms with van der Waals surface area (Å²) in [4.78, 5) is 16.1. The van der Waals surface area contributed by atoms with Crippen molar-refractivity contribution in [1.82, 2.24) is 4.98 Å². The summed E-state index contributed by atoms with van der Waals surface area (Å²) in [5, 5.41) is 11.9. The Morgan fingerprint density at radius 1 is 1.43 bits per heavy atom. The second-order valence-electron chi connectivity index (χ2n) is 4.68. The maximum atomic E-state index is 11.8. The summed E-state index contributed by atoms with van der Waals surface area (Å²) >= 11 is 2.80. The fourth-order valence-corrected chi connectivity index (χ4v) is 3.64. The minimum Gasteiger partial charge on any atom is -0.371 e. The molecule has 0 unspecified atom stereocenters. The number of amides is 1. The van der Waals surface area contributed by atoms with Gasteiger partial charge in [-0.1, -0.05) is 53.4 Å². The van der Waals surface area contributed by atoms with Crippen LogP contribution in [0.3, 0.4) is 0 Å². The van der Waals surface area contributed by atoms with E-state index >= 15 is 0 Å². The first-order valence-corrected chi connectivity index (χ1v) is 8.88. The first-order valence-electron chi connectivity index (χ1n) is 7.07. The van der Waals surface area contributed by atoms with Crippen LogP contribution in [-0.4, -0.2) is 29.9 Å². The Kier molecular flexibility index (Phi) is 7.07. The van der Waals surface area contributed by atoms with Gasteiger partial charge in [0.05, 0.1) is 28.3 Å². The molecule has 1 aromatic carbocycles. The largest absolute Gasteiger partial charge is 0.371 e. The van der Waals surface area contributed by atoms with E-state index in [0.29, 0.717) is 17.5 Å². The van der Waals surface area contributed by atoms with Crippen molar-refractivity contribution < 1.29 is 9.53 Å². The summed E-state index contributed by atoms with van der Waals surface area (Å²) in [6, 6.07) is 12.1. The molecule has 0 spiro atoms. The highest BCUT2D eigenvalue weighted by atomic mass is 32.2. The van der Waals surface area contributed by atoms with Crippen LogP contribution in [0, 0.1) is 18.3 Å². The van der Waals surface area contributed by atoms with Crippen molar-refractivity contribution in [3.8, 4) is 6.07 Å². The molecule has 0 fully saturated rings. The lowest BCUT2D eigenvalue weighted by Gasteiger charge is -2.04. The number of thiazole rings is 1. The summed E-state index contributed by atoms with van der Waals surface area (Å²) in [5.74, 6) is 0.155. The Hall–Kier alpha value is -1.88. The molecule has 1 amide bonds. The van der Waals surface area contributed by atoms with E-state index < -0.39 is 0 Å². The molecule has 2 rings (SSSR count). The minimum absolute atomic E-state index is 0.00608. The number of aryl methyl sites for hydroxylation is 1. The molecule has 7 heteroatoms. The van der Waals surface area contributed by atoms with Crippen LogP contribution in [0.25, 0.3) is 0 Å². The van der Waals surface area contributed by atoms with Crippen molar-refractivity contribution in [2.45, 2.75) is 17.6 Å². The zero-order chi connectivity index (χ0) is 16.5. The Labute approximate surface area is 143 Å². The van der Waals surface area contributed by atoms with Crippen molar-refractivity contribution in [2.24, 2.45) is 0 Å². The van der Waals surface area contributed by atoms with Gasteiger partial charge < -0.3 is 4.74 Å². The van der Waals surface area contributed by atoms with Crippen LogP contribution in [0.4, 0.5) is 5.13 Å². The zero-order valence-corrected chi connectivity index (χ0v) is 14.4. The van der Waals surface area contributed by atoms with Crippen LogP contribution in [-0.2, 0) is 16.0 Å². The van der Waals surface area contributed by atoms with E-state index in [0.717, 1.165) is 16.3 Å². The number of hydrogen-bond acceptors (Lipinski definition) is 6. The lowest BCUT2D eigenvalue weighted by Crippen LogP contribution is -2.19. The number of nitrogens with zero attached hydrogens (tertiary/aromatic N) is 2. The zero-order valence-electron chi connectivity index (χ0n) is 12.7. The van der Waals surface area contributed by atoms with Gasteiger partial charge >= 0.3 is 0 Å². The van der Waals surface area contributed by atoms with Crippen LogP contribution in [0.2, 0.25) is 0 Å². The van der Waals surface area contributed by atoms with Gasteiger partial charge in [0.2, 0.25) is 0 Å². The molecule has 1 aromatic heterocycles. The maximum absolute atomic E-state index is 11.8. The standard InChI is InChI=1S/C16H17N3O2S2/c1-12-15(22-10-8-17)23-16(18-12)19-14(20)11-21-9-7-13-5-3-2-4-6-13/h2-6H,7,9-11H2,1H3,(H,18,19,20). The maximum Gasteiger partial charge on any atom is 0.252 e. The summed E-state index contributed by atoms with van der Waals surface area (Å²) in [5.41, 5.74) is 2.01. The molecule has 0 aliphatic rings. The van der Waals surface area contributed by atoms with Crippen LogP contribution in [0.1, 0.15) is 11.3 Å². The molecular formula is C16H17N3O2S2. The third-order valence-electron chi connectivity index (χ3n) is 2.88. The van der Waals surface area contributed by atoms with Gasteiger partial charge in [0.25, 0.3) is 5.91 Å². The number of carbonyl (C=O) groups is 1. The highest BCUT2D eigenvalue weighted by Crippen LogP contribution is 2.31. The summed E-state index contributed by atoms with van der Waals surface area (Å²) in [6.45, 7) is 2.37. The third kappa shape index (κ3) is 6.02. The monoisotopic (exact) mass is 347 g/mol. The van der Waals surface area contributed by atoms with E-state index in [9.17, 15) is 4.79 Å². The van der Waals surface area contributed by atoms with Crippen LogP contribution in [0.5, 0.6) is 0 Å². The molecular weight excluding hydrogens is 330 g/mol. The van der Waals surface area contributed by atoms with Gasteiger partial charge in [0.1, 0.15) is 6.61 Å². The Morgan fingerprint density at radius 2 is 2.22 bits per heavy atom. The Morgan fingerprint density at radius 3 is 2.96 bits per heavy atom. The van der Waals surface area contributed by atoms with Gasteiger partial charge in [0.15, 0.2) is 5.13 Å². The van der Waals surface area contributed by atoms with Gasteiger partial charge in [-0.25, -0.2) is 4.98 Å².